The van der Waals surface area contributed by atoms with Crippen LogP contribution in [-0.4, -0.2) is 23.9 Å². The summed E-state index contributed by atoms with van der Waals surface area (Å²) < 4.78 is 5.20. The molecule has 0 saturated heterocycles. The third-order valence-corrected chi connectivity index (χ3v) is 3.83. The van der Waals surface area contributed by atoms with E-state index in [1.807, 2.05) is 24.3 Å². The van der Waals surface area contributed by atoms with Gasteiger partial charge in [0.1, 0.15) is 11.6 Å². The van der Waals surface area contributed by atoms with Gasteiger partial charge < -0.3 is 20.7 Å². The predicted octanol–water partition coefficient (Wildman–Crippen LogP) is 4.04. The number of amides is 2. The van der Waals surface area contributed by atoms with Gasteiger partial charge in [0.05, 0.1) is 7.11 Å². The zero-order chi connectivity index (χ0) is 19.9. The number of nitrogens with one attached hydrogen (secondary N) is 3. The first-order valence-corrected chi connectivity index (χ1v) is 8.59. The lowest BCUT2D eigenvalue weighted by molar-refractivity contribution is -0.114. The molecule has 2 aromatic carbocycles. The van der Waals surface area contributed by atoms with Crippen LogP contribution in [0.1, 0.15) is 17.3 Å². The molecule has 0 unspecified atom stereocenters. The van der Waals surface area contributed by atoms with E-state index < -0.39 is 0 Å². The second-order valence-electron chi connectivity index (χ2n) is 6.00. The first-order chi connectivity index (χ1) is 13.5. The molecule has 7 nitrogen and oxygen atoms in total. The largest absolute Gasteiger partial charge is 0.497 e. The minimum absolute atomic E-state index is 0.148. The normalized spacial score (nSPS) is 10.1. The first-order valence-electron chi connectivity index (χ1n) is 8.59. The summed E-state index contributed by atoms with van der Waals surface area (Å²) in [7, 11) is 1.60. The maximum absolute atomic E-state index is 12.5. The second-order valence-corrected chi connectivity index (χ2v) is 6.00. The standard InChI is InChI=1S/C21H20N4O3/c1-14(26)23-16-6-8-17(9-7-16)25-21(27)15-10-11-22-20(12-15)24-18-4-3-5-19(13-18)28-2/h3-13H,1-2H3,(H,22,24)(H,23,26)(H,25,27). The van der Waals surface area contributed by atoms with E-state index in [4.69, 9.17) is 4.74 Å². The van der Waals surface area contributed by atoms with E-state index in [0.29, 0.717) is 22.8 Å². The molecule has 0 aliphatic heterocycles. The van der Waals surface area contributed by atoms with Crippen molar-refractivity contribution in [3.05, 3.63) is 72.4 Å². The molecule has 1 aromatic heterocycles. The number of carbonyl (C=O) groups is 2. The van der Waals surface area contributed by atoms with Crippen molar-refractivity contribution in [1.29, 1.82) is 0 Å². The number of nitrogens with zero attached hydrogens (tertiary/aromatic N) is 1. The number of hydrogen-bond donors (Lipinski definition) is 3. The van der Waals surface area contributed by atoms with E-state index in [0.717, 1.165) is 11.4 Å². The number of carbonyl (C=O) groups excluding carboxylic acids is 2. The molecule has 0 aliphatic rings. The fourth-order valence-corrected chi connectivity index (χ4v) is 2.53. The Hall–Kier alpha value is -3.87. The van der Waals surface area contributed by atoms with Crippen molar-refractivity contribution in [2.75, 3.05) is 23.1 Å². The Morgan fingerprint density at radius 1 is 0.893 bits per heavy atom. The van der Waals surface area contributed by atoms with Gasteiger partial charge >= 0.3 is 0 Å². The molecule has 0 atom stereocenters. The zero-order valence-electron chi connectivity index (χ0n) is 15.5. The lowest BCUT2D eigenvalue weighted by Gasteiger charge is -2.10. The van der Waals surface area contributed by atoms with E-state index in [2.05, 4.69) is 20.9 Å². The van der Waals surface area contributed by atoms with Gasteiger partial charge in [-0.2, -0.15) is 0 Å². The summed E-state index contributed by atoms with van der Waals surface area (Å²) in [6, 6.07) is 17.6. The Bertz CT molecular complexity index is 987. The Morgan fingerprint density at radius 3 is 2.29 bits per heavy atom. The van der Waals surface area contributed by atoms with E-state index >= 15 is 0 Å². The predicted molar refractivity (Wildman–Crippen MR) is 109 cm³/mol. The summed E-state index contributed by atoms with van der Waals surface area (Å²) in [6.45, 7) is 1.44. The number of benzene rings is 2. The number of anilines is 4. The third-order valence-electron chi connectivity index (χ3n) is 3.83. The second kappa shape index (κ2) is 8.68. The minimum atomic E-state index is -0.261. The molecule has 3 rings (SSSR count). The Labute approximate surface area is 162 Å². The fraction of sp³-hybridized carbons (Fsp3) is 0.0952. The SMILES string of the molecule is COc1cccc(Nc2cc(C(=O)Nc3ccc(NC(C)=O)cc3)ccn2)c1. The van der Waals surface area contributed by atoms with Crippen molar-refractivity contribution >= 4 is 34.7 Å². The van der Waals surface area contributed by atoms with Gasteiger partial charge in [-0.25, -0.2) is 4.98 Å². The van der Waals surface area contributed by atoms with Crippen molar-refractivity contribution in [3.63, 3.8) is 0 Å². The summed E-state index contributed by atoms with van der Waals surface area (Å²) in [5, 5.41) is 8.65. The van der Waals surface area contributed by atoms with Gasteiger partial charge in [0.15, 0.2) is 0 Å². The van der Waals surface area contributed by atoms with Gasteiger partial charge in [-0.3, -0.25) is 9.59 Å². The molecule has 3 aromatic rings. The number of ether oxygens (including phenoxy) is 1. The molecule has 0 spiro atoms. The molecule has 1 heterocycles. The highest BCUT2D eigenvalue weighted by Crippen LogP contribution is 2.21. The summed E-state index contributed by atoms with van der Waals surface area (Å²) >= 11 is 0. The molecule has 0 aliphatic carbocycles. The van der Waals surface area contributed by atoms with Crippen LogP contribution in [0.15, 0.2) is 66.9 Å². The Balaban J connectivity index is 1.68. The van der Waals surface area contributed by atoms with Crippen LogP contribution in [0.2, 0.25) is 0 Å². The smallest absolute Gasteiger partial charge is 0.255 e. The van der Waals surface area contributed by atoms with E-state index in [9.17, 15) is 9.59 Å². The quantitative estimate of drug-likeness (QED) is 0.604. The number of hydrogen-bond acceptors (Lipinski definition) is 5. The van der Waals surface area contributed by atoms with Crippen molar-refractivity contribution in [3.8, 4) is 5.75 Å². The van der Waals surface area contributed by atoms with Crippen molar-refractivity contribution in [2.24, 2.45) is 0 Å². The van der Waals surface area contributed by atoms with E-state index in [1.165, 1.54) is 6.92 Å². The highest BCUT2D eigenvalue weighted by Gasteiger charge is 2.08. The van der Waals surface area contributed by atoms with E-state index in [1.54, 1.807) is 49.7 Å². The minimum Gasteiger partial charge on any atom is -0.497 e. The van der Waals surface area contributed by atoms with Crippen LogP contribution in [-0.2, 0) is 4.79 Å². The summed E-state index contributed by atoms with van der Waals surface area (Å²) in [4.78, 5) is 27.8. The van der Waals surface area contributed by atoms with Gasteiger partial charge in [0.2, 0.25) is 5.91 Å². The lowest BCUT2D eigenvalue weighted by Crippen LogP contribution is -2.12. The number of pyridine rings is 1. The summed E-state index contributed by atoms with van der Waals surface area (Å²) in [6.07, 6.45) is 1.57. The van der Waals surface area contributed by atoms with Crippen LogP contribution < -0.4 is 20.7 Å². The molecule has 7 heteroatoms. The molecule has 28 heavy (non-hydrogen) atoms. The van der Waals surface area contributed by atoms with E-state index in [-0.39, 0.29) is 11.8 Å². The maximum Gasteiger partial charge on any atom is 0.255 e. The molecule has 0 fully saturated rings. The van der Waals surface area contributed by atoms with Crippen LogP contribution in [0.4, 0.5) is 22.9 Å². The number of aromatic nitrogens is 1. The summed E-state index contributed by atoms with van der Waals surface area (Å²) in [5.41, 5.74) is 2.56. The van der Waals surface area contributed by atoms with Gasteiger partial charge in [-0.05, 0) is 48.5 Å². The van der Waals surface area contributed by atoms with Crippen molar-refractivity contribution < 1.29 is 14.3 Å². The maximum atomic E-state index is 12.5. The molecule has 0 radical (unpaired) electrons. The molecule has 3 N–H and O–H groups in total. The van der Waals surface area contributed by atoms with Crippen LogP contribution in [0, 0.1) is 0 Å². The Morgan fingerprint density at radius 2 is 1.61 bits per heavy atom. The van der Waals surface area contributed by atoms with Gasteiger partial charge in [-0.1, -0.05) is 6.07 Å². The van der Waals surface area contributed by atoms with Crippen molar-refractivity contribution in [2.45, 2.75) is 6.92 Å². The molecule has 2 amide bonds. The van der Waals surface area contributed by atoms with Crippen LogP contribution in [0.3, 0.4) is 0 Å². The average molecular weight is 376 g/mol. The van der Waals surface area contributed by atoms with Crippen molar-refractivity contribution in [1.82, 2.24) is 4.98 Å². The van der Waals surface area contributed by atoms with Crippen LogP contribution >= 0.6 is 0 Å². The Kier molecular flexibility index (Phi) is 5.86. The first kappa shape index (κ1) is 18.9. The summed E-state index contributed by atoms with van der Waals surface area (Å²) in [5.74, 6) is 0.858. The molecular formula is C21H20N4O3. The number of rotatable bonds is 6. The highest BCUT2D eigenvalue weighted by atomic mass is 16.5. The van der Waals surface area contributed by atoms with Crippen LogP contribution in [0.25, 0.3) is 0 Å². The number of methoxy groups -OCH3 is 1. The monoisotopic (exact) mass is 376 g/mol. The molecular weight excluding hydrogens is 356 g/mol. The zero-order valence-corrected chi connectivity index (χ0v) is 15.5. The van der Waals surface area contributed by atoms with Gasteiger partial charge in [0.25, 0.3) is 5.91 Å². The lowest BCUT2D eigenvalue weighted by atomic mass is 10.2. The highest BCUT2D eigenvalue weighted by molar-refractivity contribution is 6.04. The molecule has 0 saturated carbocycles. The van der Waals surface area contributed by atoms with Gasteiger partial charge in [-0.15, -0.1) is 0 Å². The topological polar surface area (TPSA) is 92.4 Å². The average Bonchev–Trinajstić information content (AvgIpc) is 2.69. The van der Waals surface area contributed by atoms with Crippen LogP contribution in [0.5, 0.6) is 5.75 Å². The third kappa shape index (κ3) is 5.07. The fourth-order valence-electron chi connectivity index (χ4n) is 2.53. The van der Waals surface area contributed by atoms with Gasteiger partial charge in [0, 0.05) is 41.8 Å². The molecule has 0 bridgehead atoms. The molecule has 142 valence electrons.